The van der Waals surface area contributed by atoms with E-state index in [-0.39, 0.29) is 18.7 Å². The van der Waals surface area contributed by atoms with Gasteiger partial charge < -0.3 is 14.8 Å². The summed E-state index contributed by atoms with van der Waals surface area (Å²) < 4.78 is 26.6. The van der Waals surface area contributed by atoms with E-state index >= 15 is 0 Å². The van der Waals surface area contributed by atoms with Crippen molar-refractivity contribution in [2.75, 3.05) is 12.1 Å². The summed E-state index contributed by atoms with van der Waals surface area (Å²) in [6.07, 6.45) is 2.13. The number of benzene rings is 3. The Balaban J connectivity index is 1.53. The van der Waals surface area contributed by atoms with Crippen molar-refractivity contribution in [2.45, 2.75) is 6.04 Å². The second-order valence-electron chi connectivity index (χ2n) is 7.06. The summed E-state index contributed by atoms with van der Waals surface area (Å²) in [4.78, 5) is 4.78. The molecule has 3 heterocycles. The van der Waals surface area contributed by atoms with Gasteiger partial charge in [-0.15, -0.1) is 0 Å². The van der Waals surface area contributed by atoms with Crippen LogP contribution >= 0.6 is 0 Å². The van der Waals surface area contributed by atoms with E-state index in [9.17, 15) is 4.39 Å². The number of para-hydroxylation sites is 2. The van der Waals surface area contributed by atoms with Crippen LogP contribution in [0, 0.1) is 5.82 Å². The average molecular weight is 385 g/mol. The Hall–Kier alpha value is -3.80. The molecule has 5 nitrogen and oxygen atoms in total. The molecule has 0 saturated heterocycles. The number of hydrogen-bond donors (Lipinski definition) is 1. The van der Waals surface area contributed by atoms with E-state index < -0.39 is 0 Å². The summed E-state index contributed by atoms with van der Waals surface area (Å²) in [5.41, 5.74) is 4.79. The summed E-state index contributed by atoms with van der Waals surface area (Å²) in [6.45, 7) is 0.235. The van der Waals surface area contributed by atoms with Gasteiger partial charge in [-0.05, 0) is 54.1 Å². The quantitative estimate of drug-likeness (QED) is 0.530. The van der Waals surface area contributed by atoms with Crippen molar-refractivity contribution in [1.82, 2.24) is 9.55 Å². The predicted octanol–water partition coefficient (Wildman–Crippen LogP) is 4.96. The smallest absolute Gasteiger partial charge is 0.231 e. The van der Waals surface area contributed by atoms with Crippen molar-refractivity contribution in [3.8, 4) is 11.5 Å². The first-order chi connectivity index (χ1) is 14.3. The summed E-state index contributed by atoms with van der Waals surface area (Å²) in [5.74, 6) is 1.96. The normalized spacial score (nSPS) is 17.0. The lowest BCUT2D eigenvalue weighted by Gasteiger charge is -2.26. The molecule has 0 bridgehead atoms. The molecule has 0 saturated carbocycles. The van der Waals surface area contributed by atoms with E-state index in [1.807, 2.05) is 54.6 Å². The van der Waals surface area contributed by atoms with E-state index in [1.54, 1.807) is 0 Å². The number of allylic oxidation sites excluding steroid dienone is 1. The molecule has 2 aliphatic heterocycles. The monoisotopic (exact) mass is 385 g/mol. The molecule has 0 radical (unpaired) electrons. The highest BCUT2D eigenvalue weighted by molar-refractivity contribution is 5.86. The van der Waals surface area contributed by atoms with Crippen LogP contribution in [0.3, 0.4) is 0 Å². The van der Waals surface area contributed by atoms with Crippen LogP contribution in [0.25, 0.3) is 16.7 Å². The Labute approximate surface area is 166 Å². The number of rotatable bonds is 2. The predicted molar refractivity (Wildman–Crippen MR) is 108 cm³/mol. The maximum absolute atomic E-state index is 13.5. The summed E-state index contributed by atoms with van der Waals surface area (Å²) in [5, 5.41) is 3.45. The molecule has 1 atom stereocenters. The van der Waals surface area contributed by atoms with E-state index in [0.717, 1.165) is 45.3 Å². The van der Waals surface area contributed by atoms with Crippen LogP contribution in [0.5, 0.6) is 11.5 Å². The lowest BCUT2D eigenvalue weighted by molar-refractivity contribution is 0.174. The van der Waals surface area contributed by atoms with Gasteiger partial charge in [-0.1, -0.05) is 24.3 Å². The average Bonchev–Trinajstić information content (AvgIpc) is 3.37. The number of anilines is 1. The zero-order valence-electron chi connectivity index (χ0n) is 15.3. The molecule has 1 unspecified atom stereocenters. The Morgan fingerprint density at radius 3 is 2.69 bits per heavy atom. The Bertz CT molecular complexity index is 1280. The van der Waals surface area contributed by atoms with Crippen LogP contribution in [-0.4, -0.2) is 16.3 Å². The molecular weight excluding hydrogens is 369 g/mol. The number of nitrogens with one attached hydrogen (secondary N) is 1. The zero-order chi connectivity index (χ0) is 19.4. The van der Waals surface area contributed by atoms with Crippen molar-refractivity contribution in [3.05, 3.63) is 89.8 Å². The van der Waals surface area contributed by atoms with Crippen molar-refractivity contribution >= 4 is 22.7 Å². The molecule has 1 N–H and O–H groups in total. The van der Waals surface area contributed by atoms with Gasteiger partial charge in [0.1, 0.15) is 5.82 Å². The maximum Gasteiger partial charge on any atom is 0.231 e. The fraction of sp³-hybridized carbons (Fsp3) is 0.0870. The van der Waals surface area contributed by atoms with Gasteiger partial charge in [0.2, 0.25) is 12.7 Å². The first-order valence-corrected chi connectivity index (χ1v) is 9.37. The van der Waals surface area contributed by atoms with Crippen molar-refractivity contribution in [2.24, 2.45) is 0 Å². The topological polar surface area (TPSA) is 48.3 Å². The van der Waals surface area contributed by atoms with Gasteiger partial charge in [-0.3, -0.25) is 4.57 Å². The molecule has 0 spiro atoms. The van der Waals surface area contributed by atoms with Gasteiger partial charge in [0.25, 0.3) is 0 Å². The number of nitrogens with zero attached hydrogens (tertiary/aromatic N) is 2. The van der Waals surface area contributed by atoms with E-state index in [2.05, 4.69) is 16.0 Å². The van der Waals surface area contributed by atoms with E-state index in [0.29, 0.717) is 0 Å². The fourth-order valence-corrected chi connectivity index (χ4v) is 3.95. The number of hydrogen-bond acceptors (Lipinski definition) is 4. The molecule has 0 fully saturated rings. The molecule has 1 aromatic heterocycles. The number of ether oxygens (including phenoxy) is 2. The minimum absolute atomic E-state index is 0.125. The standard InChI is InChI=1S/C23H16FN3O2/c24-16-8-5-14(6-9-16)20-12-18(15-7-10-21-22(11-15)29-13-28-21)26-23-25-17-3-1-2-4-19(17)27(20)23/h1-12,20H,13H2,(H,25,26). The third-order valence-electron chi connectivity index (χ3n) is 5.34. The molecule has 2 aliphatic rings. The van der Waals surface area contributed by atoms with Gasteiger partial charge in [-0.25, -0.2) is 9.37 Å². The fourth-order valence-electron chi connectivity index (χ4n) is 3.95. The van der Waals surface area contributed by atoms with Crippen molar-refractivity contribution in [1.29, 1.82) is 0 Å². The lowest BCUT2D eigenvalue weighted by atomic mass is 10.0. The molecular formula is C23H16FN3O2. The van der Waals surface area contributed by atoms with Crippen LogP contribution in [-0.2, 0) is 0 Å². The minimum atomic E-state index is -0.252. The van der Waals surface area contributed by atoms with Gasteiger partial charge >= 0.3 is 0 Å². The molecule has 6 heteroatoms. The SMILES string of the molecule is Fc1ccc(C2C=C(c3ccc4c(c3)OCO4)Nc3nc4ccccc4n32)cc1. The van der Waals surface area contributed by atoms with Crippen LogP contribution < -0.4 is 14.8 Å². The molecule has 142 valence electrons. The van der Waals surface area contributed by atoms with Crippen LogP contribution in [0.4, 0.5) is 10.3 Å². The van der Waals surface area contributed by atoms with Crippen LogP contribution in [0.2, 0.25) is 0 Å². The highest BCUT2D eigenvalue weighted by Gasteiger charge is 2.26. The molecule has 3 aromatic carbocycles. The zero-order valence-corrected chi connectivity index (χ0v) is 15.3. The Morgan fingerprint density at radius 1 is 0.966 bits per heavy atom. The van der Waals surface area contributed by atoms with Crippen LogP contribution in [0.1, 0.15) is 17.2 Å². The third-order valence-corrected chi connectivity index (χ3v) is 5.34. The van der Waals surface area contributed by atoms with Gasteiger partial charge in [0, 0.05) is 11.3 Å². The number of imidazole rings is 1. The second-order valence-corrected chi connectivity index (χ2v) is 7.06. The van der Waals surface area contributed by atoms with E-state index in [1.165, 1.54) is 12.1 Å². The van der Waals surface area contributed by atoms with Gasteiger partial charge in [0.15, 0.2) is 11.5 Å². The highest BCUT2D eigenvalue weighted by Crippen LogP contribution is 2.39. The third kappa shape index (κ3) is 2.56. The maximum atomic E-state index is 13.5. The summed E-state index contributed by atoms with van der Waals surface area (Å²) >= 11 is 0. The lowest BCUT2D eigenvalue weighted by Crippen LogP contribution is -2.19. The minimum Gasteiger partial charge on any atom is -0.454 e. The first kappa shape index (κ1) is 16.2. The molecule has 4 aromatic rings. The largest absolute Gasteiger partial charge is 0.454 e. The second kappa shape index (κ2) is 6.10. The number of fused-ring (bicyclic) bond motifs is 4. The summed E-state index contributed by atoms with van der Waals surface area (Å²) in [6, 6.07) is 20.4. The molecule has 0 amide bonds. The van der Waals surface area contributed by atoms with Gasteiger partial charge in [-0.2, -0.15) is 0 Å². The first-order valence-electron chi connectivity index (χ1n) is 9.37. The Kier molecular flexibility index (Phi) is 3.41. The van der Waals surface area contributed by atoms with Crippen LogP contribution in [0.15, 0.2) is 72.8 Å². The Morgan fingerprint density at radius 2 is 1.79 bits per heavy atom. The number of aromatic nitrogens is 2. The highest BCUT2D eigenvalue weighted by atomic mass is 19.1. The molecule has 0 aliphatic carbocycles. The van der Waals surface area contributed by atoms with Gasteiger partial charge in [0.05, 0.1) is 17.1 Å². The molecule has 6 rings (SSSR count). The van der Waals surface area contributed by atoms with Crippen molar-refractivity contribution in [3.63, 3.8) is 0 Å². The van der Waals surface area contributed by atoms with Crippen molar-refractivity contribution < 1.29 is 13.9 Å². The number of halogens is 1. The molecule has 29 heavy (non-hydrogen) atoms. The summed E-state index contributed by atoms with van der Waals surface area (Å²) in [7, 11) is 0. The van der Waals surface area contributed by atoms with E-state index in [4.69, 9.17) is 14.5 Å².